The van der Waals surface area contributed by atoms with E-state index < -0.39 is 0 Å². The second-order valence-electron chi connectivity index (χ2n) is 4.81. The normalized spacial score (nSPS) is 10.8. The number of fused-ring (bicyclic) bond motifs is 1. The van der Waals surface area contributed by atoms with Crippen molar-refractivity contribution in [3.05, 3.63) is 46.7 Å². The van der Waals surface area contributed by atoms with Gasteiger partial charge in [-0.15, -0.1) is 22.7 Å². The molecule has 3 rings (SSSR count). The van der Waals surface area contributed by atoms with Gasteiger partial charge in [-0.05, 0) is 18.2 Å². The van der Waals surface area contributed by atoms with Crippen molar-refractivity contribution in [2.24, 2.45) is 0 Å². The lowest BCUT2D eigenvalue weighted by Gasteiger charge is -1.98. The summed E-state index contributed by atoms with van der Waals surface area (Å²) in [5.74, 6) is -0.366. The molecule has 0 saturated carbocycles. The maximum absolute atomic E-state index is 12.1. The monoisotopic (exact) mass is 330 g/mol. The minimum absolute atomic E-state index is 0.0128. The molecule has 2 aromatic heterocycles. The molecule has 0 aliphatic rings. The summed E-state index contributed by atoms with van der Waals surface area (Å²) in [6, 6.07) is 12.1. The maximum atomic E-state index is 12.1. The molecule has 2 heterocycles. The van der Waals surface area contributed by atoms with Gasteiger partial charge in [0.2, 0.25) is 0 Å². The fourth-order valence-corrected chi connectivity index (χ4v) is 4.28. The van der Waals surface area contributed by atoms with Gasteiger partial charge in [-0.3, -0.25) is 9.59 Å². The Labute approximate surface area is 136 Å². The summed E-state index contributed by atoms with van der Waals surface area (Å²) >= 11 is 3.18. The third kappa shape index (κ3) is 2.96. The number of Topliss-reactive ketones (excluding diaryl/α,β-unsaturated/α-hetero) is 1. The Morgan fingerprint density at radius 2 is 1.91 bits per heavy atom. The number of benzene rings is 1. The number of carbonyl (C=O) groups excluding carboxylic acids is 2. The molecule has 0 bridgehead atoms. The van der Waals surface area contributed by atoms with Crippen LogP contribution in [0.3, 0.4) is 0 Å². The summed E-state index contributed by atoms with van der Waals surface area (Å²) in [7, 11) is 1.33. The first-order valence-electron chi connectivity index (χ1n) is 6.85. The maximum Gasteiger partial charge on any atom is 0.305 e. The van der Waals surface area contributed by atoms with Crippen LogP contribution in [-0.4, -0.2) is 18.9 Å². The summed E-state index contributed by atoms with van der Waals surface area (Å²) in [5, 5.41) is 3.34. The van der Waals surface area contributed by atoms with Gasteiger partial charge >= 0.3 is 5.97 Å². The van der Waals surface area contributed by atoms with E-state index in [1.54, 1.807) is 11.3 Å². The quantitative estimate of drug-likeness (QED) is 0.500. The minimum Gasteiger partial charge on any atom is -0.469 e. The number of ether oxygens (including phenoxy) is 1. The molecule has 3 aromatic rings. The van der Waals surface area contributed by atoms with Crippen LogP contribution >= 0.6 is 22.7 Å². The fourth-order valence-electron chi connectivity index (χ4n) is 2.24. The molecule has 0 unspecified atom stereocenters. The van der Waals surface area contributed by atoms with Crippen LogP contribution in [0.25, 0.3) is 20.5 Å². The van der Waals surface area contributed by atoms with Crippen molar-refractivity contribution in [1.82, 2.24) is 0 Å². The first kappa shape index (κ1) is 14.9. The molecular weight excluding hydrogens is 316 g/mol. The smallest absolute Gasteiger partial charge is 0.305 e. The molecule has 0 radical (unpaired) electrons. The zero-order valence-electron chi connectivity index (χ0n) is 12.0. The Morgan fingerprint density at radius 3 is 2.73 bits per heavy atom. The van der Waals surface area contributed by atoms with E-state index in [4.69, 9.17) is 0 Å². The average Bonchev–Trinajstić information content (AvgIpc) is 3.18. The van der Waals surface area contributed by atoms with Crippen LogP contribution in [0.2, 0.25) is 0 Å². The number of methoxy groups -OCH3 is 1. The summed E-state index contributed by atoms with van der Waals surface area (Å²) in [6.07, 6.45) is 0.320. The number of thiophene rings is 2. The molecule has 22 heavy (non-hydrogen) atoms. The molecule has 1 aromatic carbocycles. The van der Waals surface area contributed by atoms with Gasteiger partial charge in [0.15, 0.2) is 5.78 Å². The van der Waals surface area contributed by atoms with Crippen molar-refractivity contribution in [2.75, 3.05) is 7.11 Å². The van der Waals surface area contributed by atoms with Crippen LogP contribution in [0.5, 0.6) is 0 Å². The van der Waals surface area contributed by atoms with Crippen molar-refractivity contribution in [2.45, 2.75) is 12.8 Å². The van der Waals surface area contributed by atoms with E-state index in [9.17, 15) is 9.59 Å². The Balaban J connectivity index is 1.82. The first-order valence-corrected chi connectivity index (χ1v) is 8.55. The lowest BCUT2D eigenvalue weighted by molar-refractivity contribution is -0.140. The summed E-state index contributed by atoms with van der Waals surface area (Å²) in [5.41, 5.74) is 1.16. The van der Waals surface area contributed by atoms with Crippen LogP contribution < -0.4 is 0 Å². The molecule has 5 heteroatoms. The van der Waals surface area contributed by atoms with E-state index in [2.05, 4.69) is 22.2 Å². The molecular formula is C17H14O3S2. The molecule has 0 aliphatic carbocycles. The second-order valence-corrected chi connectivity index (χ2v) is 6.80. The number of hydrogen-bond donors (Lipinski definition) is 0. The predicted molar refractivity (Wildman–Crippen MR) is 90.7 cm³/mol. The van der Waals surface area contributed by atoms with Crippen LogP contribution in [0.15, 0.2) is 41.8 Å². The highest BCUT2D eigenvalue weighted by molar-refractivity contribution is 7.20. The van der Waals surface area contributed by atoms with Crippen molar-refractivity contribution < 1.29 is 14.3 Å². The van der Waals surface area contributed by atoms with E-state index in [1.807, 2.05) is 24.3 Å². The van der Waals surface area contributed by atoms with Crippen LogP contribution in [0.1, 0.15) is 22.5 Å². The Hall–Kier alpha value is -1.98. The zero-order chi connectivity index (χ0) is 15.5. The SMILES string of the molecule is COC(=O)CCC(=O)c1ccc(-c2csc3ccccc23)s1. The second kappa shape index (κ2) is 6.42. The van der Waals surface area contributed by atoms with Crippen molar-refractivity contribution in [1.29, 1.82) is 0 Å². The lowest BCUT2D eigenvalue weighted by Crippen LogP contribution is -2.04. The van der Waals surface area contributed by atoms with Gasteiger partial charge < -0.3 is 4.74 Å². The topological polar surface area (TPSA) is 43.4 Å². The van der Waals surface area contributed by atoms with E-state index in [0.717, 1.165) is 10.4 Å². The van der Waals surface area contributed by atoms with Crippen molar-refractivity contribution in [3.63, 3.8) is 0 Å². The van der Waals surface area contributed by atoms with Crippen LogP contribution in [0, 0.1) is 0 Å². The predicted octanol–water partition coefficient (Wildman–Crippen LogP) is 4.77. The van der Waals surface area contributed by atoms with Crippen molar-refractivity contribution >= 4 is 44.5 Å². The van der Waals surface area contributed by atoms with E-state index in [0.29, 0.717) is 4.88 Å². The van der Waals surface area contributed by atoms with Gasteiger partial charge in [0, 0.05) is 32.3 Å². The third-order valence-corrected chi connectivity index (χ3v) is 5.53. The molecule has 0 spiro atoms. The van der Waals surface area contributed by atoms with Gasteiger partial charge in [0.05, 0.1) is 18.4 Å². The minimum atomic E-state index is -0.353. The van der Waals surface area contributed by atoms with E-state index >= 15 is 0 Å². The molecule has 0 fully saturated rings. The van der Waals surface area contributed by atoms with E-state index in [-0.39, 0.29) is 24.6 Å². The average molecular weight is 330 g/mol. The Kier molecular flexibility index (Phi) is 4.36. The molecule has 0 saturated heterocycles. The molecule has 112 valence electrons. The number of esters is 1. The summed E-state index contributed by atoms with van der Waals surface area (Å²) in [4.78, 5) is 25.0. The number of ketones is 1. The van der Waals surface area contributed by atoms with Gasteiger partial charge in [-0.25, -0.2) is 0 Å². The number of rotatable bonds is 5. The van der Waals surface area contributed by atoms with Crippen LogP contribution in [-0.2, 0) is 9.53 Å². The Bertz CT molecular complexity index is 829. The highest BCUT2D eigenvalue weighted by Gasteiger charge is 2.14. The van der Waals surface area contributed by atoms with Gasteiger partial charge in [0.1, 0.15) is 0 Å². The highest BCUT2D eigenvalue weighted by atomic mass is 32.1. The van der Waals surface area contributed by atoms with Crippen molar-refractivity contribution in [3.8, 4) is 10.4 Å². The van der Waals surface area contributed by atoms with Gasteiger partial charge in [-0.1, -0.05) is 18.2 Å². The fraction of sp³-hybridized carbons (Fsp3) is 0.176. The van der Waals surface area contributed by atoms with Gasteiger partial charge in [-0.2, -0.15) is 0 Å². The number of carbonyl (C=O) groups is 2. The lowest BCUT2D eigenvalue weighted by atomic mass is 10.1. The van der Waals surface area contributed by atoms with Gasteiger partial charge in [0.25, 0.3) is 0 Å². The third-order valence-electron chi connectivity index (χ3n) is 3.41. The van der Waals surface area contributed by atoms with Crippen LogP contribution in [0.4, 0.5) is 0 Å². The summed E-state index contributed by atoms with van der Waals surface area (Å²) in [6.45, 7) is 0. The number of hydrogen-bond acceptors (Lipinski definition) is 5. The molecule has 0 aliphatic heterocycles. The van der Waals surface area contributed by atoms with E-state index in [1.165, 1.54) is 28.5 Å². The largest absolute Gasteiger partial charge is 0.469 e. The molecule has 0 N–H and O–H groups in total. The molecule has 0 atom stereocenters. The summed E-state index contributed by atoms with van der Waals surface area (Å²) < 4.78 is 5.80. The zero-order valence-corrected chi connectivity index (χ0v) is 13.6. The molecule has 0 amide bonds. The standard InChI is InChI=1S/C17H14O3S2/c1-20-17(19)9-6-13(18)16-8-7-15(22-16)12-10-21-14-5-3-2-4-11(12)14/h2-5,7-8,10H,6,9H2,1H3. The first-order chi connectivity index (χ1) is 10.7. The Morgan fingerprint density at radius 1 is 1.09 bits per heavy atom. The molecule has 3 nitrogen and oxygen atoms in total. The highest BCUT2D eigenvalue weighted by Crippen LogP contribution is 2.37.